The molecule has 0 saturated carbocycles. The Morgan fingerprint density at radius 3 is 1.00 bits per heavy atom. The van der Waals surface area contributed by atoms with Gasteiger partial charge in [-0.15, -0.1) is 0 Å². The Labute approximate surface area is 120 Å². The van der Waals surface area contributed by atoms with Gasteiger partial charge >= 0.3 is 49.6 Å². The molecule has 0 N–H and O–H groups in total. The third-order valence-electron chi connectivity index (χ3n) is 1.88. The van der Waals surface area contributed by atoms with Crippen molar-refractivity contribution in [1.29, 1.82) is 0 Å². The first kappa shape index (κ1) is 15.5. The molecule has 0 heterocycles. The fraction of sp³-hybridized carbons (Fsp3) is 0. The second-order valence-corrected chi connectivity index (χ2v) is 28.6. The molecule has 0 unspecified atom stereocenters. The van der Waals surface area contributed by atoms with E-state index in [4.69, 9.17) is 35.7 Å². The van der Waals surface area contributed by atoms with Crippen LogP contribution in [0.3, 0.4) is 0 Å². The van der Waals surface area contributed by atoms with Gasteiger partial charge in [0.2, 0.25) is 0 Å². The predicted molar refractivity (Wildman–Crippen MR) is 81.0 cm³/mol. The maximum atomic E-state index is 5.04. The van der Waals surface area contributed by atoms with Crippen molar-refractivity contribution in [2.45, 2.75) is 0 Å². The first-order valence-corrected chi connectivity index (χ1v) is 19.3. The van der Waals surface area contributed by atoms with Crippen molar-refractivity contribution in [2.24, 2.45) is 0 Å². The van der Waals surface area contributed by atoms with Crippen LogP contribution >= 0.6 is 35.7 Å². The average molecular weight is 415 g/mol. The number of benzene rings is 2. The molecular formula is C12H10Cl4Sn. The van der Waals surface area contributed by atoms with Crippen LogP contribution in [0.2, 0.25) is 0 Å². The molecule has 17 heavy (non-hydrogen) atoms. The Bertz CT molecular complexity index is 382. The molecule has 5 heteroatoms. The van der Waals surface area contributed by atoms with Crippen molar-refractivity contribution in [2.75, 3.05) is 0 Å². The summed E-state index contributed by atoms with van der Waals surface area (Å²) in [6, 6.07) is 20.8. The molecular weight excluding hydrogens is 405 g/mol. The van der Waals surface area contributed by atoms with Crippen LogP contribution in [0.25, 0.3) is 11.1 Å². The fourth-order valence-electron chi connectivity index (χ4n) is 1.26. The van der Waals surface area contributed by atoms with E-state index in [1.54, 1.807) is 0 Å². The first-order valence-electron chi connectivity index (χ1n) is 4.83. The Hall–Kier alpha value is 0.399. The second-order valence-electron chi connectivity index (χ2n) is 3.16. The van der Waals surface area contributed by atoms with E-state index in [0.717, 1.165) is 0 Å². The van der Waals surface area contributed by atoms with Gasteiger partial charge in [-0.3, -0.25) is 0 Å². The van der Waals surface area contributed by atoms with E-state index >= 15 is 0 Å². The zero-order valence-electron chi connectivity index (χ0n) is 8.79. The molecule has 0 saturated heterocycles. The molecule has 0 atom stereocenters. The van der Waals surface area contributed by atoms with E-state index in [9.17, 15) is 0 Å². The van der Waals surface area contributed by atoms with Crippen LogP contribution in [0.15, 0.2) is 60.7 Å². The standard InChI is InChI=1S/C12H10.4ClH.Sn/c1-3-7-11(8-4-1)12-9-5-2-6-10-12;;;;;/h1-10H;4*1H;/q;;;;;+4/p-4. The number of hydrogen-bond acceptors (Lipinski definition) is 0. The molecule has 0 amide bonds. The topological polar surface area (TPSA) is 0 Å². The summed E-state index contributed by atoms with van der Waals surface area (Å²) in [5, 5.41) is 0. The molecule has 0 aromatic heterocycles. The minimum Gasteiger partial charge on any atom is -0.0622 e. The van der Waals surface area contributed by atoms with Crippen LogP contribution in [0.5, 0.6) is 0 Å². The summed E-state index contributed by atoms with van der Waals surface area (Å²) in [6.45, 7) is 0. The molecule has 90 valence electrons. The smallest absolute Gasteiger partial charge is 0.0184 e. The van der Waals surface area contributed by atoms with Crippen LogP contribution in [0, 0.1) is 0 Å². The summed E-state index contributed by atoms with van der Waals surface area (Å²) < 4.78 is 0. The summed E-state index contributed by atoms with van der Waals surface area (Å²) in [4.78, 5) is 0. The predicted octanol–water partition coefficient (Wildman–Crippen LogP) is 5.73. The van der Waals surface area contributed by atoms with Crippen LogP contribution in [0.1, 0.15) is 0 Å². The molecule has 0 aliphatic heterocycles. The molecule has 2 aromatic rings. The molecule has 0 spiro atoms. The van der Waals surface area contributed by atoms with Gasteiger partial charge in [0.25, 0.3) is 0 Å². The van der Waals surface area contributed by atoms with Gasteiger partial charge in [-0.25, -0.2) is 0 Å². The zero-order chi connectivity index (χ0) is 12.7. The van der Waals surface area contributed by atoms with Gasteiger partial charge in [0.05, 0.1) is 0 Å². The van der Waals surface area contributed by atoms with Crippen molar-refractivity contribution in [3.05, 3.63) is 60.7 Å². The second kappa shape index (κ2) is 7.75. The van der Waals surface area contributed by atoms with Gasteiger partial charge in [0, 0.05) is 0 Å². The third kappa shape index (κ3) is 8.17. The average Bonchev–Trinajstić information content (AvgIpc) is 2.29. The van der Waals surface area contributed by atoms with Crippen LogP contribution in [-0.2, 0) is 0 Å². The number of hydrogen-bond donors (Lipinski definition) is 0. The summed E-state index contributed by atoms with van der Waals surface area (Å²) in [7, 11) is 20.1. The monoisotopic (exact) mass is 414 g/mol. The van der Waals surface area contributed by atoms with E-state index < -0.39 is 13.9 Å². The molecule has 2 rings (SSSR count). The van der Waals surface area contributed by atoms with Crippen LogP contribution in [-0.4, -0.2) is 13.9 Å². The largest absolute Gasteiger partial charge is 0.0622 e. The zero-order valence-corrected chi connectivity index (χ0v) is 14.7. The Morgan fingerprint density at radius 1 is 0.529 bits per heavy atom. The summed E-state index contributed by atoms with van der Waals surface area (Å²) >= 11 is -3.29. The number of rotatable bonds is 1. The van der Waals surface area contributed by atoms with Gasteiger partial charge in [-0.2, -0.15) is 0 Å². The van der Waals surface area contributed by atoms with Gasteiger partial charge in [0.1, 0.15) is 0 Å². The van der Waals surface area contributed by atoms with Crippen LogP contribution in [0.4, 0.5) is 0 Å². The van der Waals surface area contributed by atoms with Crippen LogP contribution < -0.4 is 0 Å². The Balaban J connectivity index is 0.000000249. The first-order chi connectivity index (χ1) is 7.97. The third-order valence-corrected chi connectivity index (χ3v) is 1.88. The summed E-state index contributed by atoms with van der Waals surface area (Å²) in [5.74, 6) is 0. The Morgan fingerprint density at radius 2 is 0.765 bits per heavy atom. The van der Waals surface area contributed by atoms with Crippen molar-refractivity contribution >= 4 is 49.6 Å². The van der Waals surface area contributed by atoms with Crippen molar-refractivity contribution in [3.8, 4) is 11.1 Å². The molecule has 0 nitrogen and oxygen atoms in total. The minimum atomic E-state index is -3.29. The summed E-state index contributed by atoms with van der Waals surface area (Å²) in [5.41, 5.74) is 2.55. The number of halogens is 4. The maximum absolute atomic E-state index is 5.04. The molecule has 0 fully saturated rings. The van der Waals surface area contributed by atoms with Crippen molar-refractivity contribution < 1.29 is 0 Å². The quantitative estimate of drug-likeness (QED) is 0.523. The van der Waals surface area contributed by atoms with E-state index in [1.807, 2.05) is 12.1 Å². The molecule has 2 aromatic carbocycles. The van der Waals surface area contributed by atoms with Gasteiger partial charge in [-0.05, 0) is 11.1 Å². The minimum absolute atomic E-state index is 1.28. The van der Waals surface area contributed by atoms with E-state index in [2.05, 4.69) is 48.5 Å². The van der Waals surface area contributed by atoms with Gasteiger partial charge in [-0.1, -0.05) is 60.7 Å². The molecule has 0 bridgehead atoms. The molecule has 0 radical (unpaired) electrons. The Kier molecular flexibility index (Phi) is 7.05. The van der Waals surface area contributed by atoms with Crippen molar-refractivity contribution in [3.63, 3.8) is 0 Å². The van der Waals surface area contributed by atoms with E-state index in [0.29, 0.717) is 0 Å². The summed E-state index contributed by atoms with van der Waals surface area (Å²) in [6.07, 6.45) is 0. The van der Waals surface area contributed by atoms with Gasteiger partial charge < -0.3 is 0 Å². The van der Waals surface area contributed by atoms with Crippen molar-refractivity contribution in [1.82, 2.24) is 0 Å². The molecule has 0 aliphatic rings. The van der Waals surface area contributed by atoms with E-state index in [1.165, 1.54) is 11.1 Å². The SMILES string of the molecule is [Cl][Sn]([Cl])([Cl])[Cl].c1ccc(-c2ccccc2)cc1. The van der Waals surface area contributed by atoms with Gasteiger partial charge in [0.15, 0.2) is 0 Å². The maximum Gasteiger partial charge on any atom is -0.0184 e. The fourth-order valence-corrected chi connectivity index (χ4v) is 1.26. The van der Waals surface area contributed by atoms with E-state index in [-0.39, 0.29) is 0 Å². The normalized spacial score (nSPS) is 10.4. The molecule has 0 aliphatic carbocycles.